The van der Waals surface area contributed by atoms with Crippen molar-refractivity contribution in [3.05, 3.63) is 29.5 Å². The number of hydrogen-bond donors (Lipinski definition) is 0. The lowest BCUT2D eigenvalue weighted by Gasteiger charge is -2.34. The highest BCUT2D eigenvalue weighted by Gasteiger charge is 2.31. The zero-order chi connectivity index (χ0) is 14.1. The van der Waals surface area contributed by atoms with Crippen molar-refractivity contribution in [3.63, 3.8) is 0 Å². The first-order valence-electron chi connectivity index (χ1n) is 7.16. The van der Waals surface area contributed by atoms with E-state index in [2.05, 4.69) is 15.0 Å². The first kappa shape index (κ1) is 13.3. The van der Waals surface area contributed by atoms with Gasteiger partial charge in [0.25, 0.3) is 0 Å². The number of hydrogen-bond acceptors (Lipinski definition) is 4. The van der Waals surface area contributed by atoms with Crippen LogP contribution in [0.4, 0.5) is 0 Å². The van der Waals surface area contributed by atoms with Crippen molar-refractivity contribution in [2.24, 2.45) is 0 Å². The molecule has 0 aliphatic carbocycles. The van der Waals surface area contributed by atoms with Gasteiger partial charge in [0.15, 0.2) is 0 Å². The molecule has 6 heteroatoms. The number of aromatic nitrogens is 3. The van der Waals surface area contributed by atoms with Crippen LogP contribution in [-0.2, 0) is 0 Å². The summed E-state index contributed by atoms with van der Waals surface area (Å²) in [4.78, 5) is 5.23. The molecule has 2 aromatic rings. The van der Waals surface area contributed by atoms with E-state index in [0.29, 0.717) is 5.52 Å². The molecule has 1 aromatic carbocycles. The molecule has 0 N–H and O–H groups in total. The van der Waals surface area contributed by atoms with Crippen LogP contribution < -0.4 is 4.85 Å². The quantitative estimate of drug-likeness (QED) is 0.623. The predicted molar refractivity (Wildman–Crippen MR) is 76.8 cm³/mol. The van der Waals surface area contributed by atoms with Crippen molar-refractivity contribution in [1.82, 2.24) is 19.7 Å². The van der Waals surface area contributed by atoms with Gasteiger partial charge in [-0.05, 0) is 39.1 Å². The summed E-state index contributed by atoms with van der Waals surface area (Å²) >= 11 is 0. The van der Waals surface area contributed by atoms with E-state index < -0.39 is 0 Å². The fourth-order valence-electron chi connectivity index (χ4n) is 3.02. The topological polar surface area (TPSA) is 51.2 Å². The van der Waals surface area contributed by atoms with Gasteiger partial charge < -0.3 is 5.21 Å². The molecule has 0 radical (unpaired) electrons. The van der Waals surface area contributed by atoms with Gasteiger partial charge in [-0.25, -0.2) is 4.90 Å². The second-order valence-electron chi connectivity index (χ2n) is 5.60. The van der Waals surface area contributed by atoms with Gasteiger partial charge in [0.05, 0.1) is 5.21 Å². The first-order valence-corrected chi connectivity index (χ1v) is 7.16. The third kappa shape index (κ3) is 2.25. The minimum absolute atomic E-state index is 0.00426. The minimum atomic E-state index is -0.00426. The van der Waals surface area contributed by atoms with Crippen molar-refractivity contribution in [1.29, 1.82) is 0 Å². The van der Waals surface area contributed by atoms with Crippen LogP contribution in [0.1, 0.15) is 25.6 Å². The zero-order valence-electron chi connectivity index (χ0n) is 12.1. The summed E-state index contributed by atoms with van der Waals surface area (Å²) in [6.07, 6.45) is 3.70. The Balaban J connectivity index is 2.05. The molecule has 6 nitrogen and oxygen atoms in total. The molecular formula is C14H21N5O. The third-order valence-corrected chi connectivity index (χ3v) is 3.91. The van der Waals surface area contributed by atoms with Gasteiger partial charge in [-0.2, -0.15) is 0 Å². The molecule has 1 saturated heterocycles. The SMILES string of the molecule is CN(C)C(N1CCCCC1)n1n[n+]([O-])c2ccccc21. The molecule has 1 unspecified atom stereocenters. The summed E-state index contributed by atoms with van der Waals surface area (Å²) in [5, 5.41) is 16.1. The van der Waals surface area contributed by atoms with Crippen LogP contribution in [0.5, 0.6) is 0 Å². The number of para-hydroxylation sites is 2. The highest BCUT2D eigenvalue weighted by Crippen LogP contribution is 2.23. The van der Waals surface area contributed by atoms with Crippen molar-refractivity contribution >= 4 is 11.0 Å². The van der Waals surface area contributed by atoms with E-state index in [1.807, 2.05) is 43.0 Å². The number of fused-ring (bicyclic) bond motifs is 1. The average Bonchev–Trinajstić information content (AvgIpc) is 2.78. The van der Waals surface area contributed by atoms with E-state index in [0.717, 1.165) is 23.5 Å². The van der Waals surface area contributed by atoms with E-state index >= 15 is 0 Å². The molecule has 1 aromatic heterocycles. The number of rotatable bonds is 3. The van der Waals surface area contributed by atoms with E-state index in [4.69, 9.17) is 0 Å². The van der Waals surface area contributed by atoms with Crippen LogP contribution in [-0.4, -0.2) is 46.9 Å². The van der Waals surface area contributed by atoms with Crippen molar-refractivity contribution in [3.8, 4) is 0 Å². The lowest BCUT2D eigenvalue weighted by molar-refractivity contribution is -0.647. The van der Waals surface area contributed by atoms with Crippen molar-refractivity contribution < 1.29 is 4.85 Å². The van der Waals surface area contributed by atoms with Gasteiger partial charge in [-0.1, -0.05) is 23.2 Å². The molecular weight excluding hydrogens is 254 g/mol. The second-order valence-corrected chi connectivity index (χ2v) is 5.60. The molecule has 0 saturated carbocycles. The summed E-state index contributed by atoms with van der Waals surface area (Å²) in [6.45, 7) is 2.10. The van der Waals surface area contributed by atoms with Crippen molar-refractivity contribution in [2.45, 2.75) is 25.6 Å². The number of likely N-dealkylation sites (tertiary alicyclic amines) is 1. The van der Waals surface area contributed by atoms with Gasteiger partial charge >= 0.3 is 0 Å². The van der Waals surface area contributed by atoms with Crippen molar-refractivity contribution in [2.75, 3.05) is 27.2 Å². The van der Waals surface area contributed by atoms with Crippen LogP contribution in [0.3, 0.4) is 0 Å². The predicted octanol–water partition coefficient (Wildman–Crippen LogP) is 1.17. The normalized spacial score (nSPS) is 18.8. The molecule has 108 valence electrons. The molecule has 0 bridgehead atoms. The molecule has 2 heterocycles. The highest BCUT2D eigenvalue weighted by molar-refractivity contribution is 5.70. The van der Waals surface area contributed by atoms with Crippen LogP contribution in [0.25, 0.3) is 11.0 Å². The molecule has 1 aliphatic rings. The van der Waals surface area contributed by atoms with E-state index in [1.165, 1.54) is 19.3 Å². The maximum atomic E-state index is 12.0. The number of nitrogens with zero attached hydrogens (tertiary/aromatic N) is 5. The Hall–Kier alpha value is -1.66. The summed E-state index contributed by atoms with van der Waals surface area (Å²) in [5.74, 6) is 0. The maximum absolute atomic E-state index is 12.0. The lowest BCUT2D eigenvalue weighted by Crippen LogP contribution is -2.45. The Morgan fingerprint density at radius 2 is 1.90 bits per heavy atom. The van der Waals surface area contributed by atoms with E-state index in [9.17, 15) is 5.21 Å². The monoisotopic (exact) mass is 275 g/mol. The Bertz CT molecular complexity index is 588. The minimum Gasteiger partial charge on any atom is -0.691 e. The fourth-order valence-corrected chi connectivity index (χ4v) is 3.02. The van der Waals surface area contributed by atoms with Crippen LogP contribution >= 0.6 is 0 Å². The van der Waals surface area contributed by atoms with Gasteiger partial charge in [0.2, 0.25) is 17.3 Å². The van der Waals surface area contributed by atoms with E-state index in [-0.39, 0.29) is 6.29 Å². The van der Waals surface area contributed by atoms with E-state index in [1.54, 1.807) is 0 Å². The lowest BCUT2D eigenvalue weighted by atomic mass is 10.1. The molecule has 3 rings (SSSR count). The molecule has 20 heavy (non-hydrogen) atoms. The fraction of sp³-hybridized carbons (Fsp3) is 0.571. The Morgan fingerprint density at radius 3 is 2.60 bits per heavy atom. The Labute approximate surface area is 118 Å². The molecule has 1 aliphatic heterocycles. The van der Waals surface area contributed by atoms with Crippen LogP contribution in [0, 0.1) is 5.21 Å². The molecule has 0 spiro atoms. The maximum Gasteiger partial charge on any atom is 0.236 e. The number of benzene rings is 1. The summed E-state index contributed by atoms with van der Waals surface area (Å²) in [6, 6.07) is 7.59. The van der Waals surface area contributed by atoms with Gasteiger partial charge in [-0.15, -0.1) is 4.85 Å². The number of piperidine rings is 1. The Morgan fingerprint density at radius 1 is 1.20 bits per heavy atom. The highest BCUT2D eigenvalue weighted by atomic mass is 16.5. The van der Waals surface area contributed by atoms with Gasteiger partial charge in [-0.3, -0.25) is 4.90 Å². The summed E-state index contributed by atoms with van der Waals surface area (Å²) in [7, 11) is 4.07. The summed E-state index contributed by atoms with van der Waals surface area (Å²) in [5.41, 5.74) is 1.50. The van der Waals surface area contributed by atoms with Crippen LogP contribution in [0.15, 0.2) is 24.3 Å². The largest absolute Gasteiger partial charge is 0.691 e. The standard InChI is InChI=1S/C14H21N5O/c1-16(2)14(17-10-6-3-7-11-17)18-12-8-4-5-9-13(12)19(20)15-18/h4-5,8-9,14H,3,6-7,10-11H2,1-2H3. The second kappa shape index (κ2) is 5.38. The molecule has 0 amide bonds. The van der Waals surface area contributed by atoms with Gasteiger partial charge in [0.1, 0.15) is 0 Å². The van der Waals surface area contributed by atoms with Crippen LogP contribution in [0.2, 0.25) is 0 Å². The Kier molecular flexibility index (Phi) is 3.58. The molecule has 1 atom stereocenters. The smallest absolute Gasteiger partial charge is 0.236 e. The molecule has 1 fully saturated rings. The first-order chi connectivity index (χ1) is 9.68. The summed E-state index contributed by atoms with van der Waals surface area (Å²) < 4.78 is 1.84. The zero-order valence-corrected chi connectivity index (χ0v) is 12.1. The average molecular weight is 275 g/mol. The van der Waals surface area contributed by atoms with Gasteiger partial charge in [0, 0.05) is 13.1 Å². The third-order valence-electron chi connectivity index (χ3n) is 3.91.